The molecule has 1 aliphatic carbocycles. The zero-order chi connectivity index (χ0) is 17.0. The summed E-state index contributed by atoms with van der Waals surface area (Å²) < 4.78 is 75.6. The van der Waals surface area contributed by atoms with Crippen LogP contribution >= 0.6 is 0 Å². The van der Waals surface area contributed by atoms with Crippen molar-refractivity contribution in [1.82, 2.24) is 0 Å². The largest absolute Gasteiger partial charge is 0.389 e. The molecule has 0 amide bonds. The first-order chi connectivity index (χ1) is 10.8. The number of hydrogen-bond donors (Lipinski definition) is 0. The van der Waals surface area contributed by atoms with Gasteiger partial charge in [-0.05, 0) is 61.6 Å². The summed E-state index contributed by atoms with van der Waals surface area (Å²) >= 11 is 0. The van der Waals surface area contributed by atoms with Gasteiger partial charge in [-0.2, -0.15) is 13.2 Å². The summed E-state index contributed by atoms with van der Waals surface area (Å²) in [6.45, 7) is 0. The van der Waals surface area contributed by atoms with Gasteiger partial charge in [-0.25, -0.2) is 13.2 Å². The van der Waals surface area contributed by atoms with Crippen LogP contribution in [0.1, 0.15) is 50.0 Å². The smallest absolute Gasteiger partial charge is 0.204 e. The molecule has 0 spiro atoms. The maximum absolute atomic E-state index is 13.3. The number of hydrogen-bond acceptors (Lipinski definition) is 0. The fraction of sp³-hybridized carbons (Fsp3) is 0.529. The van der Waals surface area contributed by atoms with Gasteiger partial charge < -0.3 is 0 Å². The molecule has 0 aliphatic heterocycles. The van der Waals surface area contributed by atoms with Crippen LogP contribution in [0.5, 0.6) is 0 Å². The summed E-state index contributed by atoms with van der Waals surface area (Å²) in [5.41, 5.74) is 0.445. The Morgan fingerprint density at radius 3 is 2.04 bits per heavy atom. The topological polar surface area (TPSA) is 0 Å². The Balaban J connectivity index is 1.85. The van der Waals surface area contributed by atoms with Crippen molar-refractivity contribution in [3.05, 3.63) is 47.3 Å². The minimum absolute atomic E-state index is 0.0299. The maximum Gasteiger partial charge on any atom is 0.389 e. The van der Waals surface area contributed by atoms with Crippen LogP contribution in [0.25, 0.3) is 0 Å². The molecular formula is C17H18F6. The van der Waals surface area contributed by atoms with Gasteiger partial charge in [0, 0.05) is 6.42 Å². The Labute approximate surface area is 131 Å². The second-order valence-corrected chi connectivity index (χ2v) is 5.99. The first-order valence-electron chi connectivity index (χ1n) is 7.64. The lowest BCUT2D eigenvalue weighted by atomic mass is 9.78. The molecule has 0 unspecified atom stereocenters. The van der Waals surface area contributed by atoms with Crippen LogP contribution in [0.15, 0.2) is 24.3 Å². The van der Waals surface area contributed by atoms with Crippen LogP contribution in [0, 0.1) is 23.4 Å². The molecule has 0 heterocycles. The summed E-state index contributed by atoms with van der Waals surface area (Å²) in [5, 5.41) is 0. The van der Waals surface area contributed by atoms with Gasteiger partial charge in [0.15, 0.2) is 17.5 Å². The number of benzene rings is 1. The first kappa shape index (κ1) is 17.9. The summed E-state index contributed by atoms with van der Waals surface area (Å²) in [4.78, 5) is 0. The average Bonchev–Trinajstić information content (AvgIpc) is 2.48. The van der Waals surface area contributed by atoms with E-state index in [0.717, 1.165) is 25.0 Å². The highest BCUT2D eigenvalue weighted by molar-refractivity contribution is 5.23. The van der Waals surface area contributed by atoms with Gasteiger partial charge in [0.2, 0.25) is 0 Å². The molecule has 128 valence electrons. The molecule has 0 saturated heterocycles. The normalized spacial score (nSPS) is 22.7. The van der Waals surface area contributed by atoms with E-state index in [1.54, 1.807) is 12.2 Å². The molecule has 0 radical (unpaired) electrons. The van der Waals surface area contributed by atoms with Gasteiger partial charge in [0.1, 0.15) is 0 Å². The van der Waals surface area contributed by atoms with Crippen LogP contribution in [-0.2, 0) is 0 Å². The minimum Gasteiger partial charge on any atom is -0.204 e. The highest BCUT2D eigenvalue weighted by Crippen LogP contribution is 2.37. The molecule has 0 atom stereocenters. The minimum atomic E-state index is -4.14. The predicted molar refractivity (Wildman–Crippen MR) is 75.4 cm³/mol. The van der Waals surface area contributed by atoms with E-state index in [2.05, 4.69) is 0 Å². The zero-order valence-electron chi connectivity index (χ0n) is 12.5. The lowest BCUT2D eigenvalue weighted by Crippen LogP contribution is -2.12. The molecular weight excluding hydrogens is 318 g/mol. The molecule has 1 aliphatic rings. The van der Waals surface area contributed by atoms with Gasteiger partial charge in [0.25, 0.3) is 0 Å². The number of halogens is 6. The van der Waals surface area contributed by atoms with E-state index in [9.17, 15) is 26.3 Å². The maximum atomic E-state index is 13.3. The van der Waals surface area contributed by atoms with E-state index in [1.807, 2.05) is 0 Å². The number of rotatable bonds is 4. The van der Waals surface area contributed by atoms with Crippen molar-refractivity contribution < 1.29 is 26.3 Å². The molecule has 1 fully saturated rings. The van der Waals surface area contributed by atoms with Gasteiger partial charge in [0.05, 0.1) is 0 Å². The van der Waals surface area contributed by atoms with E-state index >= 15 is 0 Å². The Kier molecular flexibility index (Phi) is 5.76. The van der Waals surface area contributed by atoms with Crippen molar-refractivity contribution >= 4 is 0 Å². The molecule has 0 nitrogen and oxygen atoms in total. The Bertz CT molecular complexity index is 530. The third-order valence-electron chi connectivity index (χ3n) is 4.25. The Morgan fingerprint density at radius 2 is 1.52 bits per heavy atom. The van der Waals surface area contributed by atoms with Crippen LogP contribution in [0.3, 0.4) is 0 Å². The van der Waals surface area contributed by atoms with Crippen molar-refractivity contribution in [1.29, 1.82) is 0 Å². The van der Waals surface area contributed by atoms with Crippen molar-refractivity contribution in [3.63, 3.8) is 0 Å². The van der Waals surface area contributed by atoms with Crippen molar-refractivity contribution in [3.8, 4) is 0 Å². The molecule has 0 N–H and O–H groups in total. The monoisotopic (exact) mass is 336 g/mol. The van der Waals surface area contributed by atoms with E-state index < -0.39 is 30.0 Å². The van der Waals surface area contributed by atoms with Crippen LogP contribution < -0.4 is 0 Å². The van der Waals surface area contributed by atoms with Gasteiger partial charge in [-0.1, -0.05) is 12.2 Å². The summed E-state index contributed by atoms with van der Waals surface area (Å²) in [6.07, 6.45) is 1.20. The highest BCUT2D eigenvalue weighted by atomic mass is 19.4. The summed E-state index contributed by atoms with van der Waals surface area (Å²) in [6, 6.07) is 2.06. The van der Waals surface area contributed by atoms with Crippen LogP contribution in [0.4, 0.5) is 26.3 Å². The van der Waals surface area contributed by atoms with E-state index in [4.69, 9.17) is 0 Å². The fourth-order valence-corrected chi connectivity index (χ4v) is 2.99. The fourth-order valence-electron chi connectivity index (χ4n) is 2.99. The van der Waals surface area contributed by atoms with Crippen molar-refractivity contribution in [2.75, 3.05) is 0 Å². The molecule has 6 heteroatoms. The lowest BCUT2D eigenvalue weighted by Gasteiger charge is -2.27. The van der Waals surface area contributed by atoms with E-state index in [-0.39, 0.29) is 18.3 Å². The molecule has 0 bridgehead atoms. The van der Waals surface area contributed by atoms with Gasteiger partial charge in [-0.15, -0.1) is 0 Å². The summed E-state index contributed by atoms with van der Waals surface area (Å²) in [5.74, 6) is -3.69. The molecule has 2 rings (SSSR count). The third-order valence-corrected chi connectivity index (χ3v) is 4.25. The van der Waals surface area contributed by atoms with Crippen molar-refractivity contribution in [2.24, 2.45) is 5.92 Å². The van der Waals surface area contributed by atoms with Crippen molar-refractivity contribution in [2.45, 2.75) is 50.6 Å². The molecule has 23 heavy (non-hydrogen) atoms. The van der Waals surface area contributed by atoms with E-state index in [1.165, 1.54) is 0 Å². The van der Waals surface area contributed by atoms with Crippen LogP contribution in [0.2, 0.25) is 0 Å². The molecule has 1 saturated carbocycles. The molecule has 1 aromatic carbocycles. The molecule has 0 aromatic heterocycles. The standard InChI is InChI=1S/C17H18F6/c18-14-9-13(10-15(19)16(14)20)12-6-4-11(5-7-12)3-1-2-8-17(21,22)23/h1,3,9-12H,2,4-8H2/b3-1+. The lowest BCUT2D eigenvalue weighted by molar-refractivity contribution is -0.133. The molecule has 1 aromatic rings. The quantitative estimate of drug-likeness (QED) is 0.345. The second kappa shape index (κ2) is 7.41. The highest BCUT2D eigenvalue weighted by Gasteiger charge is 2.26. The van der Waals surface area contributed by atoms with Gasteiger partial charge >= 0.3 is 6.18 Å². The number of allylic oxidation sites excluding steroid dienone is 2. The third kappa shape index (κ3) is 5.29. The van der Waals surface area contributed by atoms with Crippen LogP contribution in [-0.4, -0.2) is 6.18 Å². The number of alkyl halides is 3. The Morgan fingerprint density at radius 1 is 0.957 bits per heavy atom. The zero-order valence-corrected chi connectivity index (χ0v) is 12.5. The SMILES string of the molecule is Fc1cc(C2CCC(/C=C/CCC(F)(F)F)CC2)cc(F)c1F. The van der Waals surface area contributed by atoms with Gasteiger partial charge in [-0.3, -0.25) is 0 Å². The average molecular weight is 336 g/mol. The Hall–Kier alpha value is -1.46. The first-order valence-corrected chi connectivity index (χ1v) is 7.64. The predicted octanol–water partition coefficient (Wildman–Crippen LogP) is 6.28. The summed E-state index contributed by atoms with van der Waals surface area (Å²) in [7, 11) is 0. The second-order valence-electron chi connectivity index (χ2n) is 5.99. The van der Waals surface area contributed by atoms with E-state index in [0.29, 0.717) is 18.4 Å².